The van der Waals surface area contributed by atoms with Crippen molar-refractivity contribution in [3.05, 3.63) is 12.4 Å². The van der Waals surface area contributed by atoms with Crippen molar-refractivity contribution in [2.75, 3.05) is 0 Å². The Labute approximate surface area is 47.6 Å². The van der Waals surface area contributed by atoms with E-state index >= 15 is 0 Å². The van der Waals surface area contributed by atoms with Crippen molar-refractivity contribution in [2.45, 2.75) is 0 Å². The molecular formula is C4H8N4. The summed E-state index contributed by atoms with van der Waals surface area (Å²) in [4.78, 5) is 3.52. The minimum atomic E-state index is 1.04. The molecule has 0 aliphatic rings. The van der Waals surface area contributed by atoms with E-state index in [9.17, 15) is 0 Å². The zero-order valence-electron chi connectivity index (χ0n) is 4.33. The first kappa shape index (κ1) is 6.68. The Morgan fingerprint density at radius 1 is 1.62 bits per heavy atom. The summed E-state index contributed by atoms with van der Waals surface area (Å²) in [6.07, 6.45) is 5.16. The van der Waals surface area contributed by atoms with Crippen LogP contribution in [0.5, 0.6) is 0 Å². The van der Waals surface area contributed by atoms with E-state index in [1.165, 1.54) is 18.7 Å². The first-order valence-corrected chi connectivity index (χ1v) is 2.05. The summed E-state index contributed by atoms with van der Waals surface area (Å²) in [7, 11) is 0. The van der Waals surface area contributed by atoms with Crippen molar-refractivity contribution in [3.8, 4) is 0 Å². The monoisotopic (exact) mass is 112 g/mol. The molecule has 0 bridgehead atoms. The zero-order chi connectivity index (χ0) is 6.24. The number of nitrogens with zero attached hydrogens (tertiary/aromatic N) is 1. The quantitative estimate of drug-likeness (QED) is 0.344. The Balaban J connectivity index is 3.19. The average molecular weight is 112 g/mol. The van der Waals surface area contributed by atoms with Crippen LogP contribution in [0.2, 0.25) is 0 Å². The predicted molar refractivity (Wildman–Crippen MR) is 33.7 cm³/mol. The van der Waals surface area contributed by atoms with Crippen molar-refractivity contribution < 1.29 is 0 Å². The van der Waals surface area contributed by atoms with Gasteiger partial charge in [-0.3, -0.25) is 5.41 Å². The van der Waals surface area contributed by atoms with Crippen molar-refractivity contribution in [2.24, 2.45) is 10.7 Å². The molecule has 0 unspecified atom stereocenters. The molecule has 44 valence electrons. The first-order valence-electron chi connectivity index (χ1n) is 2.05. The van der Waals surface area contributed by atoms with E-state index in [0.717, 1.165) is 6.34 Å². The lowest BCUT2D eigenvalue weighted by Crippen LogP contribution is -1.97. The van der Waals surface area contributed by atoms with Crippen molar-refractivity contribution in [1.82, 2.24) is 5.32 Å². The molecule has 4 nitrogen and oxygen atoms in total. The molecule has 0 fully saturated rings. The van der Waals surface area contributed by atoms with Crippen molar-refractivity contribution in [3.63, 3.8) is 0 Å². The minimum Gasteiger partial charge on any atom is -0.390 e. The molecule has 0 aromatic rings. The maximum atomic E-state index is 6.47. The maximum absolute atomic E-state index is 6.47. The number of rotatable bonds is 3. The first-order chi connectivity index (χ1) is 3.91. The van der Waals surface area contributed by atoms with Crippen LogP contribution in [0, 0.1) is 5.41 Å². The summed E-state index contributed by atoms with van der Waals surface area (Å²) < 4.78 is 0. The van der Waals surface area contributed by atoms with E-state index in [2.05, 4.69) is 10.3 Å². The fourth-order valence-electron chi connectivity index (χ4n) is 0.184. The summed E-state index contributed by atoms with van der Waals surface area (Å²) in [5.74, 6) is 0. The highest BCUT2D eigenvalue weighted by molar-refractivity contribution is 5.53. The number of nitrogens with two attached hydrogens (primary N) is 1. The third kappa shape index (κ3) is 4.68. The molecule has 0 radical (unpaired) electrons. The van der Waals surface area contributed by atoms with Gasteiger partial charge in [-0.2, -0.15) is 0 Å². The second-order valence-corrected chi connectivity index (χ2v) is 0.925. The molecule has 8 heavy (non-hydrogen) atoms. The van der Waals surface area contributed by atoms with Gasteiger partial charge in [0.2, 0.25) is 0 Å². The summed E-state index contributed by atoms with van der Waals surface area (Å²) in [5.41, 5.74) is 4.88. The van der Waals surface area contributed by atoms with Gasteiger partial charge in [-0.15, -0.1) is 0 Å². The fourth-order valence-corrected chi connectivity index (χ4v) is 0.184. The number of hydrogen-bond acceptors (Lipinski definition) is 2. The summed E-state index contributed by atoms with van der Waals surface area (Å²) in [5, 5.41) is 8.94. The third-order valence-corrected chi connectivity index (χ3v) is 0.426. The molecule has 0 aliphatic heterocycles. The average Bonchev–Trinajstić information content (AvgIpc) is 1.81. The molecule has 0 saturated carbocycles. The summed E-state index contributed by atoms with van der Waals surface area (Å²) in [6, 6.07) is 0. The third-order valence-electron chi connectivity index (χ3n) is 0.426. The molecule has 0 saturated heterocycles. The summed E-state index contributed by atoms with van der Waals surface area (Å²) >= 11 is 0. The Bertz CT molecular complexity index is 105. The second kappa shape index (κ2) is 5.68. The van der Waals surface area contributed by atoms with Gasteiger partial charge in [0.15, 0.2) is 0 Å². The van der Waals surface area contributed by atoms with E-state index in [1.54, 1.807) is 0 Å². The van der Waals surface area contributed by atoms with Gasteiger partial charge in [0, 0.05) is 12.4 Å². The molecule has 0 aliphatic carbocycles. The molecule has 4 heteroatoms. The van der Waals surface area contributed by atoms with E-state index in [4.69, 9.17) is 11.1 Å². The molecular weight excluding hydrogens is 104 g/mol. The van der Waals surface area contributed by atoms with Crippen LogP contribution in [0.1, 0.15) is 0 Å². The maximum Gasteiger partial charge on any atom is 0.0853 e. The van der Waals surface area contributed by atoms with E-state index in [0.29, 0.717) is 0 Å². The van der Waals surface area contributed by atoms with Crippen LogP contribution < -0.4 is 11.1 Å². The van der Waals surface area contributed by atoms with Crippen molar-refractivity contribution >= 4 is 12.7 Å². The predicted octanol–water partition coefficient (Wildman–Crippen LogP) is -0.359. The standard InChI is InChI=1S/C4H8N4/c5-3-7-1-2-8-4-6/h1-4H,(H2,5,7)(H2,6,8)/b2-1+. The van der Waals surface area contributed by atoms with Crippen LogP contribution in [0.3, 0.4) is 0 Å². The molecule has 0 aromatic heterocycles. The minimum absolute atomic E-state index is 1.04. The Morgan fingerprint density at radius 3 is 2.88 bits per heavy atom. The number of hydrogen-bond donors (Lipinski definition) is 3. The lowest BCUT2D eigenvalue weighted by Gasteiger charge is -1.79. The van der Waals surface area contributed by atoms with E-state index in [1.807, 2.05) is 0 Å². The lowest BCUT2D eigenvalue weighted by atomic mass is 10.9. The Kier molecular flexibility index (Phi) is 4.74. The zero-order valence-corrected chi connectivity index (χ0v) is 4.33. The number of aliphatic imine (C=N–C) groups is 1. The lowest BCUT2D eigenvalue weighted by molar-refractivity contribution is 1.26. The van der Waals surface area contributed by atoms with Crippen molar-refractivity contribution in [1.29, 1.82) is 5.41 Å². The number of nitrogens with one attached hydrogen (secondary N) is 2. The van der Waals surface area contributed by atoms with Gasteiger partial charge >= 0.3 is 0 Å². The topological polar surface area (TPSA) is 74.3 Å². The Morgan fingerprint density at radius 2 is 2.38 bits per heavy atom. The second-order valence-electron chi connectivity index (χ2n) is 0.925. The fraction of sp³-hybridized carbons (Fsp3) is 0. The van der Waals surface area contributed by atoms with Gasteiger partial charge in [0.25, 0.3) is 0 Å². The molecule has 0 heterocycles. The van der Waals surface area contributed by atoms with Crippen LogP contribution in [-0.4, -0.2) is 12.7 Å². The van der Waals surface area contributed by atoms with Crippen LogP contribution in [0.4, 0.5) is 0 Å². The molecule has 0 amide bonds. The Hall–Kier alpha value is -1.32. The van der Waals surface area contributed by atoms with Gasteiger partial charge in [0.1, 0.15) is 0 Å². The van der Waals surface area contributed by atoms with Gasteiger partial charge < -0.3 is 11.1 Å². The smallest absolute Gasteiger partial charge is 0.0853 e. The van der Waals surface area contributed by atoms with Crippen LogP contribution in [0.15, 0.2) is 17.4 Å². The molecule has 0 atom stereocenters. The molecule has 0 aromatic carbocycles. The van der Waals surface area contributed by atoms with E-state index in [-0.39, 0.29) is 0 Å². The highest BCUT2D eigenvalue weighted by Gasteiger charge is 1.58. The van der Waals surface area contributed by atoms with Gasteiger partial charge in [-0.25, -0.2) is 4.99 Å². The van der Waals surface area contributed by atoms with Gasteiger partial charge in [-0.05, 0) is 0 Å². The highest BCUT2D eigenvalue weighted by Crippen LogP contribution is 1.63. The van der Waals surface area contributed by atoms with Crippen LogP contribution in [-0.2, 0) is 0 Å². The van der Waals surface area contributed by atoms with E-state index < -0.39 is 0 Å². The molecule has 4 N–H and O–H groups in total. The SMILES string of the molecule is N=CN/C=C/N=C/N. The van der Waals surface area contributed by atoms with Crippen LogP contribution in [0.25, 0.3) is 0 Å². The summed E-state index contributed by atoms with van der Waals surface area (Å²) in [6.45, 7) is 0. The largest absolute Gasteiger partial charge is 0.390 e. The normalized spacial score (nSPS) is 10.5. The van der Waals surface area contributed by atoms with Gasteiger partial charge in [0.05, 0.1) is 12.7 Å². The highest BCUT2D eigenvalue weighted by atomic mass is 14.9. The van der Waals surface area contributed by atoms with Crippen LogP contribution >= 0.6 is 0 Å². The molecule has 0 rings (SSSR count). The molecule has 0 spiro atoms. The van der Waals surface area contributed by atoms with Gasteiger partial charge in [-0.1, -0.05) is 0 Å².